The van der Waals surface area contributed by atoms with Crippen molar-refractivity contribution in [1.29, 1.82) is 0 Å². The Morgan fingerprint density at radius 3 is 2.81 bits per heavy atom. The molecule has 0 aliphatic rings. The Hall–Kier alpha value is -2.58. The summed E-state index contributed by atoms with van der Waals surface area (Å²) in [4.78, 5) is 18.4. The fraction of sp³-hybridized carbons (Fsp3) is 0.167. The quantitative estimate of drug-likeness (QED) is 0.551. The first-order valence-electron chi connectivity index (χ1n) is 8.07. The molecule has 132 valence electrons. The number of halogens is 1. The summed E-state index contributed by atoms with van der Waals surface area (Å²) >= 11 is 3.15. The minimum Gasteiger partial charge on any atom is -0.355 e. The van der Waals surface area contributed by atoms with Crippen molar-refractivity contribution in [3.05, 3.63) is 64.2 Å². The number of amides is 1. The van der Waals surface area contributed by atoms with Gasteiger partial charge in [0.05, 0.1) is 17.0 Å². The van der Waals surface area contributed by atoms with Crippen molar-refractivity contribution in [1.82, 2.24) is 19.9 Å². The Morgan fingerprint density at radius 1 is 1.19 bits per heavy atom. The molecule has 1 aromatic carbocycles. The molecule has 26 heavy (non-hydrogen) atoms. The van der Waals surface area contributed by atoms with Crippen LogP contribution in [0.1, 0.15) is 11.3 Å². The largest absolute Gasteiger partial charge is 0.355 e. The number of thiazole rings is 1. The van der Waals surface area contributed by atoms with Crippen LogP contribution in [0.3, 0.4) is 0 Å². The second-order valence-electron chi connectivity index (χ2n) is 5.74. The number of rotatable bonds is 6. The summed E-state index contributed by atoms with van der Waals surface area (Å²) in [5.74, 6) is 0.347. The molecule has 0 saturated carbocycles. The lowest BCUT2D eigenvalue weighted by atomic mass is 10.1. The number of carbonyl (C=O) groups excluding carboxylic acids is 1. The molecular formula is C18H15FN4OS2. The molecule has 4 aromatic rings. The molecule has 5 nitrogen and oxygen atoms in total. The topological polar surface area (TPSA) is 59.3 Å². The van der Waals surface area contributed by atoms with Gasteiger partial charge in [-0.3, -0.25) is 4.79 Å². The van der Waals surface area contributed by atoms with Crippen LogP contribution >= 0.6 is 22.7 Å². The lowest BCUT2D eigenvalue weighted by molar-refractivity contribution is -0.120. The number of benzene rings is 1. The molecule has 4 rings (SSSR count). The first-order valence-corrected chi connectivity index (χ1v) is 9.83. The maximum Gasteiger partial charge on any atom is 0.224 e. The molecule has 0 radical (unpaired) electrons. The number of fused-ring (bicyclic) bond motifs is 1. The number of hydrogen-bond acceptors (Lipinski definition) is 5. The van der Waals surface area contributed by atoms with Gasteiger partial charge in [-0.25, -0.2) is 8.91 Å². The van der Waals surface area contributed by atoms with Crippen molar-refractivity contribution < 1.29 is 9.18 Å². The first kappa shape index (κ1) is 16.9. The molecule has 1 amide bonds. The lowest BCUT2D eigenvalue weighted by Crippen LogP contribution is -2.27. The highest BCUT2D eigenvalue weighted by Crippen LogP contribution is 2.24. The normalized spacial score (nSPS) is 11.1. The van der Waals surface area contributed by atoms with Crippen LogP contribution in [-0.2, 0) is 17.6 Å². The smallest absolute Gasteiger partial charge is 0.224 e. The lowest BCUT2D eigenvalue weighted by Gasteiger charge is -2.05. The summed E-state index contributed by atoms with van der Waals surface area (Å²) in [6, 6.07) is 9.95. The molecule has 0 aliphatic heterocycles. The second kappa shape index (κ2) is 7.35. The maximum absolute atomic E-state index is 12.9. The third kappa shape index (κ3) is 3.66. The zero-order valence-corrected chi connectivity index (χ0v) is 15.3. The van der Waals surface area contributed by atoms with Crippen molar-refractivity contribution in [2.24, 2.45) is 0 Å². The van der Waals surface area contributed by atoms with Crippen molar-refractivity contribution in [2.75, 3.05) is 6.54 Å². The van der Waals surface area contributed by atoms with Crippen molar-refractivity contribution >= 4 is 33.5 Å². The molecule has 0 bridgehead atoms. The van der Waals surface area contributed by atoms with Gasteiger partial charge in [-0.05, 0) is 29.1 Å². The Morgan fingerprint density at radius 2 is 2.04 bits per heavy atom. The molecule has 0 fully saturated rings. The van der Waals surface area contributed by atoms with E-state index in [2.05, 4.69) is 15.4 Å². The predicted molar refractivity (Wildman–Crippen MR) is 101 cm³/mol. The fourth-order valence-corrected chi connectivity index (χ4v) is 4.10. The van der Waals surface area contributed by atoms with E-state index < -0.39 is 0 Å². The van der Waals surface area contributed by atoms with Gasteiger partial charge in [0.1, 0.15) is 5.82 Å². The van der Waals surface area contributed by atoms with Gasteiger partial charge in [-0.15, -0.1) is 27.8 Å². The summed E-state index contributed by atoms with van der Waals surface area (Å²) in [7, 11) is 0. The van der Waals surface area contributed by atoms with Crippen molar-refractivity contribution in [3.8, 4) is 10.7 Å². The number of aromatic nitrogens is 3. The van der Waals surface area contributed by atoms with Crippen LogP contribution in [0.2, 0.25) is 0 Å². The molecule has 0 saturated heterocycles. The molecule has 0 unspecified atom stereocenters. The Bertz CT molecular complexity index is 1020. The van der Waals surface area contributed by atoms with Gasteiger partial charge in [0.15, 0.2) is 5.82 Å². The van der Waals surface area contributed by atoms with Crippen LogP contribution in [0.4, 0.5) is 4.39 Å². The molecule has 0 aliphatic carbocycles. The Kier molecular flexibility index (Phi) is 4.77. The standard InChI is InChI=1S/C18H15FN4OS2/c19-13-5-3-12(4-6-13)10-16(24)20-8-7-14-11-26-18-21-17(22-23(14)18)15-2-1-9-25-15/h1-6,9,11H,7-8,10H2,(H,20,24). The average molecular weight is 386 g/mol. The van der Waals surface area contributed by atoms with Crippen LogP contribution in [0.5, 0.6) is 0 Å². The van der Waals surface area contributed by atoms with E-state index in [4.69, 9.17) is 0 Å². The highest BCUT2D eigenvalue weighted by atomic mass is 32.1. The van der Waals surface area contributed by atoms with E-state index in [0.29, 0.717) is 13.0 Å². The summed E-state index contributed by atoms with van der Waals surface area (Å²) in [5, 5.41) is 11.5. The van der Waals surface area contributed by atoms with E-state index in [0.717, 1.165) is 26.9 Å². The van der Waals surface area contributed by atoms with Crippen LogP contribution < -0.4 is 5.32 Å². The third-order valence-electron chi connectivity index (χ3n) is 3.87. The fourth-order valence-electron chi connectivity index (χ4n) is 2.59. The number of nitrogens with one attached hydrogen (secondary N) is 1. The van der Waals surface area contributed by atoms with Gasteiger partial charge in [0.25, 0.3) is 0 Å². The van der Waals surface area contributed by atoms with Gasteiger partial charge >= 0.3 is 0 Å². The van der Waals surface area contributed by atoms with E-state index in [-0.39, 0.29) is 18.1 Å². The van der Waals surface area contributed by atoms with E-state index in [9.17, 15) is 9.18 Å². The summed E-state index contributed by atoms with van der Waals surface area (Å²) < 4.78 is 14.7. The van der Waals surface area contributed by atoms with Gasteiger partial charge in [0.2, 0.25) is 10.9 Å². The average Bonchev–Trinajstić information content (AvgIpc) is 3.34. The van der Waals surface area contributed by atoms with E-state index >= 15 is 0 Å². The number of nitrogens with zero attached hydrogens (tertiary/aromatic N) is 3. The Labute approximate surface area is 157 Å². The predicted octanol–water partition coefficient (Wildman–Crippen LogP) is 3.56. The van der Waals surface area contributed by atoms with E-state index in [1.165, 1.54) is 12.1 Å². The monoisotopic (exact) mass is 386 g/mol. The molecular weight excluding hydrogens is 371 g/mol. The summed E-state index contributed by atoms with van der Waals surface area (Å²) in [6.07, 6.45) is 0.910. The zero-order valence-electron chi connectivity index (χ0n) is 13.7. The summed E-state index contributed by atoms with van der Waals surface area (Å²) in [5.41, 5.74) is 1.81. The minimum atomic E-state index is -0.301. The first-order chi connectivity index (χ1) is 12.7. The SMILES string of the molecule is O=C(Cc1ccc(F)cc1)NCCc1csc2nc(-c3cccs3)nn12. The molecule has 3 aromatic heterocycles. The van der Waals surface area contributed by atoms with Crippen LogP contribution in [-0.4, -0.2) is 27.0 Å². The highest BCUT2D eigenvalue weighted by Gasteiger charge is 2.12. The molecule has 3 heterocycles. The third-order valence-corrected chi connectivity index (χ3v) is 5.60. The highest BCUT2D eigenvalue weighted by molar-refractivity contribution is 7.15. The maximum atomic E-state index is 12.9. The van der Waals surface area contributed by atoms with Crippen LogP contribution in [0.15, 0.2) is 47.2 Å². The molecule has 1 N–H and O–H groups in total. The van der Waals surface area contributed by atoms with E-state index in [1.807, 2.05) is 27.4 Å². The minimum absolute atomic E-state index is 0.0825. The number of thiophene rings is 1. The molecule has 0 atom stereocenters. The van der Waals surface area contributed by atoms with Crippen LogP contribution in [0.25, 0.3) is 15.7 Å². The van der Waals surface area contributed by atoms with Crippen LogP contribution in [0, 0.1) is 5.82 Å². The number of carbonyl (C=O) groups is 1. The van der Waals surface area contributed by atoms with Crippen molar-refractivity contribution in [3.63, 3.8) is 0 Å². The van der Waals surface area contributed by atoms with Gasteiger partial charge in [0, 0.05) is 18.3 Å². The second-order valence-corrected chi connectivity index (χ2v) is 7.52. The van der Waals surface area contributed by atoms with Crippen molar-refractivity contribution in [2.45, 2.75) is 12.8 Å². The van der Waals surface area contributed by atoms with Gasteiger partial charge in [-0.2, -0.15) is 4.98 Å². The van der Waals surface area contributed by atoms with E-state index in [1.54, 1.807) is 34.8 Å². The Balaban J connectivity index is 1.35. The number of hydrogen-bond donors (Lipinski definition) is 1. The van der Waals surface area contributed by atoms with Gasteiger partial charge in [-0.1, -0.05) is 18.2 Å². The molecule has 8 heteroatoms. The summed E-state index contributed by atoms with van der Waals surface area (Å²) in [6.45, 7) is 0.514. The van der Waals surface area contributed by atoms with Gasteiger partial charge < -0.3 is 5.32 Å². The zero-order chi connectivity index (χ0) is 17.9. The molecule has 0 spiro atoms.